The molecule has 0 saturated heterocycles. The third-order valence-corrected chi connectivity index (χ3v) is 2.28. The maximum Gasteiger partial charge on any atom is 0.248 e. The van der Waals surface area contributed by atoms with Gasteiger partial charge in [0.25, 0.3) is 0 Å². The lowest BCUT2D eigenvalue weighted by Gasteiger charge is -1.97. The zero-order chi connectivity index (χ0) is 8.27. The highest BCUT2D eigenvalue weighted by molar-refractivity contribution is 7.08. The Morgan fingerprint density at radius 2 is 2.36 bits per heavy atom. The van der Waals surface area contributed by atoms with Crippen molar-refractivity contribution in [3.63, 3.8) is 0 Å². The average molecular weight is 194 g/mol. The van der Waals surface area contributed by atoms with E-state index in [1.165, 1.54) is 11.5 Å². The second-order valence-corrected chi connectivity index (χ2v) is 2.84. The minimum Gasteiger partial charge on any atom is -0.485 e. The van der Waals surface area contributed by atoms with Gasteiger partial charge in [-0.3, -0.25) is 0 Å². The number of hydrogen-bond donors (Lipinski definition) is 0. The predicted molar refractivity (Wildman–Crippen MR) is 44.8 cm³/mol. The van der Waals surface area contributed by atoms with Crippen LogP contribution in [0.1, 0.15) is 6.92 Å². The van der Waals surface area contributed by atoms with E-state index in [1.807, 2.05) is 6.92 Å². The van der Waals surface area contributed by atoms with Crippen LogP contribution in [0.3, 0.4) is 0 Å². The third-order valence-electron chi connectivity index (χ3n) is 1.04. The van der Waals surface area contributed by atoms with Gasteiger partial charge in [0.1, 0.15) is 0 Å². The lowest BCUT2D eigenvalue weighted by atomic mass is 10.6. The monoisotopic (exact) mass is 193 g/mol. The number of ether oxygens (including phenoxy) is 2. The molecule has 0 bridgehead atoms. The second-order valence-electron chi connectivity index (χ2n) is 1.73. The van der Waals surface area contributed by atoms with Crippen LogP contribution in [0.15, 0.2) is 0 Å². The van der Waals surface area contributed by atoms with Gasteiger partial charge in [-0.15, -0.1) is 0 Å². The highest BCUT2D eigenvalue weighted by Gasteiger charge is 2.11. The maximum atomic E-state index is 5.80. The van der Waals surface area contributed by atoms with Crippen LogP contribution >= 0.6 is 23.1 Å². The van der Waals surface area contributed by atoms with Crippen molar-refractivity contribution >= 4 is 23.1 Å². The second kappa shape index (κ2) is 3.78. The highest BCUT2D eigenvalue weighted by atomic mass is 35.5. The van der Waals surface area contributed by atoms with Crippen molar-refractivity contribution in [2.45, 2.75) is 6.92 Å². The average Bonchev–Trinajstić information content (AvgIpc) is 2.34. The van der Waals surface area contributed by atoms with Gasteiger partial charge in [-0.25, -0.2) is 0 Å². The summed E-state index contributed by atoms with van der Waals surface area (Å²) in [7, 11) is 1.55. The summed E-state index contributed by atoms with van der Waals surface area (Å²) in [5.74, 6) is 0.455. The molecule has 0 spiro atoms. The normalized spacial score (nSPS) is 9.73. The van der Waals surface area contributed by atoms with E-state index in [-0.39, 0.29) is 0 Å². The Hall–Kier alpha value is -0.480. The molecule has 0 atom stereocenters. The molecule has 5 heteroatoms. The van der Waals surface area contributed by atoms with Gasteiger partial charge in [0.15, 0.2) is 5.02 Å². The van der Waals surface area contributed by atoms with Crippen molar-refractivity contribution in [1.29, 1.82) is 0 Å². The van der Waals surface area contributed by atoms with E-state index in [9.17, 15) is 0 Å². The smallest absolute Gasteiger partial charge is 0.248 e. The van der Waals surface area contributed by atoms with Crippen molar-refractivity contribution in [2.24, 2.45) is 0 Å². The minimum absolute atomic E-state index is 0.455. The van der Waals surface area contributed by atoms with Gasteiger partial charge >= 0.3 is 0 Å². The van der Waals surface area contributed by atoms with E-state index in [0.29, 0.717) is 22.6 Å². The predicted octanol–water partition coefficient (Wildman–Crippen LogP) is 2.20. The van der Waals surface area contributed by atoms with Gasteiger partial charge in [0, 0.05) is 11.5 Å². The first-order valence-electron chi connectivity index (χ1n) is 3.11. The van der Waals surface area contributed by atoms with E-state index < -0.39 is 0 Å². The Labute approximate surface area is 74.1 Å². The Kier molecular flexibility index (Phi) is 2.96. The molecule has 0 fully saturated rings. The van der Waals surface area contributed by atoms with Gasteiger partial charge in [-0.2, -0.15) is 4.37 Å². The lowest BCUT2D eigenvalue weighted by Crippen LogP contribution is -1.91. The fourth-order valence-corrected chi connectivity index (χ4v) is 1.48. The summed E-state index contributed by atoms with van der Waals surface area (Å²) in [6.45, 7) is 2.44. The summed E-state index contributed by atoms with van der Waals surface area (Å²) in [5, 5.41) is 1.05. The molecule has 0 aromatic carbocycles. The molecule has 3 nitrogen and oxygen atoms in total. The number of aromatic nitrogens is 1. The van der Waals surface area contributed by atoms with Gasteiger partial charge in [0.05, 0.1) is 13.7 Å². The van der Waals surface area contributed by atoms with Crippen LogP contribution in [0.4, 0.5) is 0 Å². The van der Waals surface area contributed by atoms with Crippen molar-refractivity contribution in [2.75, 3.05) is 13.7 Å². The number of halogens is 1. The largest absolute Gasteiger partial charge is 0.485 e. The summed E-state index contributed by atoms with van der Waals surface area (Å²) in [6, 6.07) is 0. The molecule has 1 heterocycles. The molecule has 1 rings (SSSR count). The SMILES string of the molecule is CCOc1nsc(OC)c1Cl. The Morgan fingerprint density at radius 1 is 1.64 bits per heavy atom. The van der Waals surface area contributed by atoms with Crippen LogP contribution in [-0.2, 0) is 0 Å². The maximum absolute atomic E-state index is 5.80. The number of nitrogens with zero attached hydrogens (tertiary/aromatic N) is 1. The first kappa shape index (κ1) is 8.62. The van der Waals surface area contributed by atoms with E-state index in [1.54, 1.807) is 7.11 Å². The first-order chi connectivity index (χ1) is 5.29. The molecular formula is C6H8ClNO2S. The molecule has 1 aromatic rings. The standard InChI is InChI=1S/C6H8ClNO2S/c1-3-10-5-4(7)6(9-2)11-8-5/h3H2,1-2H3. The van der Waals surface area contributed by atoms with E-state index >= 15 is 0 Å². The van der Waals surface area contributed by atoms with Crippen LogP contribution in [-0.4, -0.2) is 18.1 Å². The van der Waals surface area contributed by atoms with Crippen molar-refractivity contribution < 1.29 is 9.47 Å². The lowest BCUT2D eigenvalue weighted by molar-refractivity contribution is 0.329. The first-order valence-corrected chi connectivity index (χ1v) is 4.26. The number of hydrogen-bond acceptors (Lipinski definition) is 4. The van der Waals surface area contributed by atoms with Crippen LogP contribution in [0, 0.1) is 0 Å². The van der Waals surface area contributed by atoms with Crippen LogP contribution in [0.25, 0.3) is 0 Å². The zero-order valence-electron chi connectivity index (χ0n) is 6.26. The highest BCUT2D eigenvalue weighted by Crippen LogP contribution is 2.36. The van der Waals surface area contributed by atoms with Gasteiger partial charge < -0.3 is 9.47 Å². The summed E-state index contributed by atoms with van der Waals surface area (Å²) >= 11 is 6.99. The summed E-state index contributed by atoms with van der Waals surface area (Å²) in [6.07, 6.45) is 0. The molecule has 0 N–H and O–H groups in total. The molecule has 0 unspecified atom stereocenters. The quantitative estimate of drug-likeness (QED) is 0.738. The van der Waals surface area contributed by atoms with Gasteiger partial charge in [0.2, 0.25) is 10.9 Å². The summed E-state index contributed by atoms with van der Waals surface area (Å²) in [4.78, 5) is 0. The third kappa shape index (κ3) is 1.75. The van der Waals surface area contributed by atoms with Crippen LogP contribution in [0.2, 0.25) is 5.02 Å². The molecule has 0 saturated carbocycles. The zero-order valence-corrected chi connectivity index (χ0v) is 7.83. The van der Waals surface area contributed by atoms with E-state index in [2.05, 4.69) is 4.37 Å². The molecule has 0 aliphatic heterocycles. The fourth-order valence-electron chi connectivity index (χ4n) is 0.604. The van der Waals surface area contributed by atoms with Gasteiger partial charge in [-0.05, 0) is 6.92 Å². The Morgan fingerprint density at radius 3 is 2.82 bits per heavy atom. The van der Waals surface area contributed by atoms with E-state index in [0.717, 1.165) is 0 Å². The number of methoxy groups -OCH3 is 1. The van der Waals surface area contributed by atoms with Crippen molar-refractivity contribution in [1.82, 2.24) is 4.37 Å². The topological polar surface area (TPSA) is 31.4 Å². The molecule has 11 heavy (non-hydrogen) atoms. The Bertz CT molecular complexity index is 238. The number of rotatable bonds is 3. The van der Waals surface area contributed by atoms with Gasteiger partial charge in [-0.1, -0.05) is 11.6 Å². The minimum atomic E-state index is 0.455. The van der Waals surface area contributed by atoms with Crippen molar-refractivity contribution in [3.8, 4) is 10.9 Å². The molecule has 0 radical (unpaired) electrons. The van der Waals surface area contributed by atoms with Crippen molar-refractivity contribution in [3.05, 3.63) is 5.02 Å². The van der Waals surface area contributed by atoms with Crippen LogP contribution in [0.5, 0.6) is 10.9 Å². The van der Waals surface area contributed by atoms with Crippen LogP contribution < -0.4 is 9.47 Å². The fraction of sp³-hybridized carbons (Fsp3) is 0.500. The summed E-state index contributed by atoms with van der Waals surface area (Å²) < 4.78 is 14.0. The molecule has 62 valence electrons. The molecule has 0 amide bonds. The van der Waals surface area contributed by atoms with E-state index in [4.69, 9.17) is 21.1 Å². The Balaban J connectivity index is 2.82. The molecule has 1 aromatic heterocycles. The molecule has 0 aliphatic carbocycles. The molecule has 0 aliphatic rings. The summed E-state index contributed by atoms with van der Waals surface area (Å²) in [5.41, 5.74) is 0. The molecular weight excluding hydrogens is 186 g/mol.